The fraction of sp³-hybridized carbons (Fsp3) is 0.333. The van der Waals surface area contributed by atoms with Crippen LogP contribution in [0.4, 0.5) is 18.3 Å². The molecule has 1 aromatic carbocycles. The molecule has 3 rings (SSSR count). The molecule has 2 aromatic rings. The average molecular weight is 285 g/mol. The van der Waals surface area contributed by atoms with Crippen LogP contribution in [-0.4, -0.2) is 15.4 Å². The van der Waals surface area contributed by atoms with Crippen molar-refractivity contribution in [1.82, 2.24) is 9.36 Å². The Balaban J connectivity index is 1.86. The van der Waals surface area contributed by atoms with E-state index in [9.17, 15) is 13.2 Å². The first-order valence-corrected chi connectivity index (χ1v) is 6.57. The van der Waals surface area contributed by atoms with Crippen LogP contribution in [0.15, 0.2) is 24.3 Å². The van der Waals surface area contributed by atoms with Crippen molar-refractivity contribution >= 4 is 16.7 Å². The molecule has 1 saturated carbocycles. The molecule has 3 nitrogen and oxygen atoms in total. The molecule has 1 aromatic heterocycles. The maximum absolute atomic E-state index is 12.6. The first kappa shape index (κ1) is 12.4. The summed E-state index contributed by atoms with van der Waals surface area (Å²) in [5.41, 5.74) is -0.300. The molecule has 0 unspecified atom stereocenters. The largest absolute Gasteiger partial charge is 0.416 e. The molecule has 1 N–H and O–H groups in total. The van der Waals surface area contributed by atoms with Crippen molar-refractivity contribution in [2.45, 2.75) is 25.1 Å². The van der Waals surface area contributed by atoms with Crippen molar-refractivity contribution in [3.05, 3.63) is 29.8 Å². The van der Waals surface area contributed by atoms with Crippen molar-refractivity contribution in [1.29, 1.82) is 0 Å². The zero-order valence-electron chi connectivity index (χ0n) is 9.74. The SMILES string of the molecule is FC(F)(F)c1cccc(-c2nsc(NC3CC3)n2)c1. The van der Waals surface area contributed by atoms with Crippen LogP contribution < -0.4 is 5.32 Å². The van der Waals surface area contributed by atoms with Crippen LogP contribution in [0.2, 0.25) is 0 Å². The maximum atomic E-state index is 12.6. The van der Waals surface area contributed by atoms with Gasteiger partial charge in [0.2, 0.25) is 5.13 Å². The van der Waals surface area contributed by atoms with Crippen molar-refractivity contribution < 1.29 is 13.2 Å². The lowest BCUT2D eigenvalue weighted by molar-refractivity contribution is -0.137. The molecule has 0 spiro atoms. The Morgan fingerprint density at radius 1 is 1.26 bits per heavy atom. The van der Waals surface area contributed by atoms with E-state index in [2.05, 4.69) is 14.7 Å². The van der Waals surface area contributed by atoms with Gasteiger partial charge in [-0.3, -0.25) is 0 Å². The zero-order chi connectivity index (χ0) is 13.5. The molecule has 0 saturated heterocycles. The lowest BCUT2D eigenvalue weighted by Crippen LogP contribution is -2.04. The summed E-state index contributed by atoms with van der Waals surface area (Å²) in [6, 6.07) is 5.51. The Labute approximate surface area is 111 Å². The summed E-state index contributed by atoms with van der Waals surface area (Å²) < 4.78 is 41.9. The quantitative estimate of drug-likeness (QED) is 0.932. The normalized spacial score (nSPS) is 15.5. The zero-order valence-corrected chi connectivity index (χ0v) is 10.6. The highest BCUT2D eigenvalue weighted by molar-refractivity contribution is 7.09. The number of hydrogen-bond acceptors (Lipinski definition) is 4. The minimum absolute atomic E-state index is 0.333. The third kappa shape index (κ3) is 2.86. The van der Waals surface area contributed by atoms with Gasteiger partial charge >= 0.3 is 6.18 Å². The molecule has 7 heteroatoms. The molecule has 0 aliphatic heterocycles. The molecular weight excluding hydrogens is 275 g/mol. The number of anilines is 1. The summed E-state index contributed by atoms with van der Waals surface area (Å²) >= 11 is 1.17. The predicted octanol–water partition coefficient (Wildman–Crippen LogP) is 3.80. The third-order valence-corrected chi connectivity index (χ3v) is 3.43. The Morgan fingerprint density at radius 2 is 2.05 bits per heavy atom. The smallest absolute Gasteiger partial charge is 0.358 e. The van der Waals surface area contributed by atoms with Gasteiger partial charge in [0.05, 0.1) is 5.56 Å². The van der Waals surface area contributed by atoms with Gasteiger partial charge in [0.25, 0.3) is 0 Å². The van der Waals surface area contributed by atoms with Crippen LogP contribution in [0.1, 0.15) is 18.4 Å². The van der Waals surface area contributed by atoms with E-state index < -0.39 is 11.7 Å². The van der Waals surface area contributed by atoms with Gasteiger partial charge in [-0.2, -0.15) is 22.5 Å². The topological polar surface area (TPSA) is 37.8 Å². The second-order valence-corrected chi connectivity index (χ2v) is 5.17. The first-order chi connectivity index (χ1) is 9.02. The van der Waals surface area contributed by atoms with E-state index in [1.807, 2.05) is 0 Å². The highest BCUT2D eigenvalue weighted by Crippen LogP contribution is 2.32. The van der Waals surface area contributed by atoms with Gasteiger partial charge in [0.1, 0.15) is 0 Å². The van der Waals surface area contributed by atoms with Crippen LogP contribution in [0, 0.1) is 0 Å². The van der Waals surface area contributed by atoms with Crippen molar-refractivity contribution in [3.63, 3.8) is 0 Å². The van der Waals surface area contributed by atoms with E-state index in [-0.39, 0.29) is 0 Å². The van der Waals surface area contributed by atoms with Crippen LogP contribution in [0.3, 0.4) is 0 Å². The molecular formula is C12H10F3N3S. The van der Waals surface area contributed by atoms with Gasteiger partial charge < -0.3 is 5.32 Å². The second-order valence-electron chi connectivity index (χ2n) is 4.42. The summed E-state index contributed by atoms with van der Waals surface area (Å²) in [5, 5.41) is 3.84. The maximum Gasteiger partial charge on any atom is 0.416 e. The summed E-state index contributed by atoms with van der Waals surface area (Å²) in [6.07, 6.45) is -2.13. The Bertz CT molecular complexity index is 590. The fourth-order valence-electron chi connectivity index (χ4n) is 1.64. The molecule has 0 atom stereocenters. The van der Waals surface area contributed by atoms with Crippen LogP contribution >= 0.6 is 11.5 Å². The monoisotopic (exact) mass is 285 g/mol. The van der Waals surface area contributed by atoms with Gasteiger partial charge in [-0.1, -0.05) is 12.1 Å². The predicted molar refractivity (Wildman–Crippen MR) is 67.0 cm³/mol. The van der Waals surface area contributed by atoms with E-state index in [1.54, 1.807) is 6.07 Å². The molecule has 1 aliphatic carbocycles. The number of rotatable bonds is 3. The molecule has 1 fully saturated rings. The van der Waals surface area contributed by atoms with E-state index in [0.717, 1.165) is 25.0 Å². The van der Waals surface area contributed by atoms with E-state index >= 15 is 0 Å². The van der Waals surface area contributed by atoms with Crippen LogP contribution in [-0.2, 0) is 6.18 Å². The van der Waals surface area contributed by atoms with Crippen molar-refractivity contribution in [3.8, 4) is 11.4 Å². The highest BCUT2D eigenvalue weighted by atomic mass is 32.1. The Hall–Kier alpha value is -1.63. The molecule has 0 bridgehead atoms. The summed E-state index contributed by atoms with van der Waals surface area (Å²) in [7, 11) is 0. The van der Waals surface area contributed by atoms with Gasteiger partial charge in [-0.15, -0.1) is 0 Å². The minimum atomic E-state index is -4.35. The van der Waals surface area contributed by atoms with E-state index in [4.69, 9.17) is 0 Å². The number of aromatic nitrogens is 2. The van der Waals surface area contributed by atoms with E-state index in [0.29, 0.717) is 22.6 Å². The first-order valence-electron chi connectivity index (χ1n) is 5.80. The number of hydrogen-bond donors (Lipinski definition) is 1. The summed E-state index contributed by atoms with van der Waals surface area (Å²) in [5.74, 6) is 0.333. The standard InChI is InChI=1S/C12H10F3N3S/c13-12(14,15)8-3-1-2-7(6-8)10-17-11(19-18-10)16-9-4-5-9/h1-3,6,9H,4-5H2,(H,16,17,18). The van der Waals surface area contributed by atoms with E-state index in [1.165, 1.54) is 17.6 Å². The number of benzene rings is 1. The minimum Gasteiger partial charge on any atom is -0.358 e. The second kappa shape index (κ2) is 4.48. The van der Waals surface area contributed by atoms with Gasteiger partial charge in [0.15, 0.2) is 5.82 Å². The Morgan fingerprint density at radius 3 is 2.74 bits per heavy atom. The van der Waals surface area contributed by atoms with Gasteiger partial charge in [-0.25, -0.2) is 0 Å². The van der Waals surface area contributed by atoms with Gasteiger partial charge in [0, 0.05) is 23.1 Å². The Kier molecular flexibility index (Phi) is 2.93. The lowest BCUT2D eigenvalue weighted by Gasteiger charge is -2.06. The summed E-state index contributed by atoms with van der Waals surface area (Å²) in [6.45, 7) is 0. The van der Waals surface area contributed by atoms with Crippen molar-refractivity contribution in [2.24, 2.45) is 0 Å². The van der Waals surface area contributed by atoms with Crippen molar-refractivity contribution in [2.75, 3.05) is 5.32 Å². The lowest BCUT2D eigenvalue weighted by atomic mass is 10.1. The van der Waals surface area contributed by atoms with Crippen LogP contribution in [0.25, 0.3) is 11.4 Å². The number of nitrogens with zero attached hydrogens (tertiary/aromatic N) is 2. The molecule has 1 aliphatic rings. The molecule has 100 valence electrons. The molecule has 0 amide bonds. The molecule has 0 radical (unpaired) electrons. The average Bonchev–Trinajstić information content (AvgIpc) is 3.04. The number of halogens is 3. The molecule has 19 heavy (non-hydrogen) atoms. The van der Waals surface area contributed by atoms with Crippen LogP contribution in [0.5, 0.6) is 0 Å². The fourth-order valence-corrected chi connectivity index (χ4v) is 2.30. The number of alkyl halides is 3. The summed E-state index contributed by atoms with van der Waals surface area (Å²) in [4.78, 5) is 4.21. The number of nitrogens with one attached hydrogen (secondary N) is 1. The highest BCUT2D eigenvalue weighted by Gasteiger charge is 2.30. The third-order valence-electron chi connectivity index (χ3n) is 2.78. The molecule has 1 heterocycles. The van der Waals surface area contributed by atoms with Gasteiger partial charge in [-0.05, 0) is 25.0 Å².